The molecule has 3 aromatic heterocycles. The number of rotatable bonds is 5. The molecule has 1 fully saturated rings. The molecule has 4 heterocycles. The Morgan fingerprint density at radius 3 is 2.39 bits per heavy atom. The highest BCUT2D eigenvalue weighted by Crippen LogP contribution is 2.33. The van der Waals surface area contributed by atoms with Crippen molar-refractivity contribution in [1.29, 1.82) is 0 Å². The predicted octanol–water partition coefficient (Wildman–Crippen LogP) is 4.55. The average molecular weight is 480 g/mol. The van der Waals surface area contributed by atoms with Gasteiger partial charge in [0, 0.05) is 74.9 Å². The molecule has 36 heavy (non-hydrogen) atoms. The predicted molar refractivity (Wildman–Crippen MR) is 139 cm³/mol. The maximum absolute atomic E-state index is 13.2. The molecule has 0 N–H and O–H groups in total. The third kappa shape index (κ3) is 4.55. The Balaban J connectivity index is 1.21. The summed E-state index contributed by atoms with van der Waals surface area (Å²) >= 11 is 0. The van der Waals surface area contributed by atoms with Gasteiger partial charge in [-0.05, 0) is 53.1 Å². The van der Waals surface area contributed by atoms with Gasteiger partial charge in [-0.15, -0.1) is 0 Å². The highest BCUT2D eigenvalue weighted by Gasteiger charge is 2.19. The molecule has 0 saturated carbocycles. The number of fused-ring (bicyclic) bond motifs is 1. The van der Waals surface area contributed by atoms with Crippen LogP contribution in [-0.2, 0) is 13.6 Å². The Hall–Kier alpha value is -4.17. The van der Waals surface area contributed by atoms with Gasteiger partial charge in [0.1, 0.15) is 18.0 Å². The summed E-state index contributed by atoms with van der Waals surface area (Å²) in [7, 11) is 1.92. The van der Waals surface area contributed by atoms with Crippen LogP contribution in [0.1, 0.15) is 5.56 Å². The Labute approximate surface area is 208 Å². The van der Waals surface area contributed by atoms with Gasteiger partial charge < -0.3 is 4.90 Å². The van der Waals surface area contributed by atoms with Crippen LogP contribution in [0.4, 0.5) is 10.2 Å². The molecule has 1 aliphatic heterocycles. The molecule has 0 unspecified atom stereocenters. The second-order valence-electron chi connectivity index (χ2n) is 9.18. The molecule has 1 saturated heterocycles. The molecule has 6 rings (SSSR count). The number of aromatic nitrogens is 5. The molecule has 180 valence electrons. The van der Waals surface area contributed by atoms with Crippen LogP contribution in [0.3, 0.4) is 0 Å². The number of piperazine rings is 1. The van der Waals surface area contributed by atoms with Crippen LogP contribution in [0, 0.1) is 5.82 Å². The molecule has 0 atom stereocenters. The van der Waals surface area contributed by atoms with Crippen LogP contribution in [0.5, 0.6) is 0 Å². The Morgan fingerprint density at radius 2 is 1.67 bits per heavy atom. The van der Waals surface area contributed by atoms with Crippen molar-refractivity contribution >= 4 is 16.7 Å². The lowest BCUT2D eigenvalue weighted by Gasteiger charge is -2.35. The summed E-state index contributed by atoms with van der Waals surface area (Å²) in [6.07, 6.45) is 9.25. The van der Waals surface area contributed by atoms with E-state index in [2.05, 4.69) is 49.1 Å². The number of pyridine rings is 1. The van der Waals surface area contributed by atoms with Crippen molar-refractivity contribution in [1.82, 2.24) is 29.6 Å². The largest absolute Gasteiger partial charge is 0.354 e. The lowest BCUT2D eigenvalue weighted by Crippen LogP contribution is -2.46. The zero-order valence-corrected chi connectivity index (χ0v) is 20.0. The number of benzene rings is 2. The Bertz CT molecular complexity index is 1490. The molecule has 5 aromatic rings. The third-order valence-corrected chi connectivity index (χ3v) is 6.74. The molecule has 1 aliphatic rings. The Morgan fingerprint density at radius 1 is 0.833 bits per heavy atom. The molecule has 2 aromatic carbocycles. The van der Waals surface area contributed by atoms with Crippen LogP contribution in [0.25, 0.3) is 33.2 Å². The first-order chi connectivity index (χ1) is 17.6. The summed E-state index contributed by atoms with van der Waals surface area (Å²) in [5.74, 6) is 0.784. The second kappa shape index (κ2) is 9.47. The van der Waals surface area contributed by atoms with Crippen molar-refractivity contribution < 1.29 is 4.39 Å². The molecule has 8 heteroatoms. The zero-order valence-electron chi connectivity index (χ0n) is 20.0. The molecular formula is C28H26FN7. The van der Waals surface area contributed by atoms with E-state index >= 15 is 0 Å². The molecule has 0 aliphatic carbocycles. The average Bonchev–Trinajstić information content (AvgIpc) is 3.36. The van der Waals surface area contributed by atoms with Crippen molar-refractivity contribution in [2.75, 3.05) is 31.1 Å². The lowest BCUT2D eigenvalue weighted by atomic mass is 9.97. The van der Waals surface area contributed by atoms with E-state index in [1.54, 1.807) is 11.0 Å². The van der Waals surface area contributed by atoms with Crippen LogP contribution in [-0.4, -0.2) is 55.8 Å². The van der Waals surface area contributed by atoms with Crippen molar-refractivity contribution in [3.05, 3.63) is 91.0 Å². The molecule has 7 nitrogen and oxygen atoms in total. The number of hydrogen-bond donors (Lipinski definition) is 0. The molecule has 0 bridgehead atoms. The fourth-order valence-electron chi connectivity index (χ4n) is 4.78. The van der Waals surface area contributed by atoms with E-state index < -0.39 is 0 Å². The first-order valence-corrected chi connectivity index (χ1v) is 12.0. The molecule has 0 amide bonds. The van der Waals surface area contributed by atoms with E-state index in [0.717, 1.165) is 77.3 Å². The molecule has 0 radical (unpaired) electrons. The quantitative estimate of drug-likeness (QED) is 0.369. The maximum Gasteiger partial charge on any atom is 0.128 e. The van der Waals surface area contributed by atoms with Crippen LogP contribution < -0.4 is 4.90 Å². The Kier molecular flexibility index (Phi) is 5.87. The van der Waals surface area contributed by atoms with Gasteiger partial charge in [0.25, 0.3) is 0 Å². The number of nitrogens with zero attached hydrogens (tertiary/aromatic N) is 7. The van der Waals surface area contributed by atoms with Gasteiger partial charge in [-0.1, -0.05) is 12.1 Å². The number of anilines is 1. The van der Waals surface area contributed by atoms with E-state index in [9.17, 15) is 4.39 Å². The van der Waals surface area contributed by atoms with Crippen LogP contribution >= 0.6 is 0 Å². The van der Waals surface area contributed by atoms with Crippen LogP contribution in [0.2, 0.25) is 0 Å². The second-order valence-corrected chi connectivity index (χ2v) is 9.18. The van der Waals surface area contributed by atoms with Crippen molar-refractivity contribution in [2.45, 2.75) is 6.54 Å². The third-order valence-electron chi connectivity index (χ3n) is 6.74. The van der Waals surface area contributed by atoms with E-state index in [-0.39, 0.29) is 5.82 Å². The van der Waals surface area contributed by atoms with Gasteiger partial charge in [-0.25, -0.2) is 19.3 Å². The van der Waals surface area contributed by atoms with Crippen molar-refractivity contribution in [3.63, 3.8) is 0 Å². The van der Waals surface area contributed by atoms with Gasteiger partial charge in [0.2, 0.25) is 0 Å². The minimum atomic E-state index is -0.192. The first kappa shape index (κ1) is 22.3. The summed E-state index contributed by atoms with van der Waals surface area (Å²) in [6.45, 7) is 4.52. The fraction of sp³-hybridized carbons (Fsp3) is 0.214. The number of halogens is 1. The summed E-state index contributed by atoms with van der Waals surface area (Å²) in [6, 6.07) is 15.2. The highest BCUT2D eigenvalue weighted by atomic mass is 19.1. The first-order valence-electron chi connectivity index (χ1n) is 12.0. The van der Waals surface area contributed by atoms with E-state index in [1.807, 2.05) is 44.0 Å². The summed E-state index contributed by atoms with van der Waals surface area (Å²) in [4.78, 5) is 18.3. The fourth-order valence-corrected chi connectivity index (χ4v) is 4.78. The number of aryl methyl sites for hydroxylation is 1. The van der Waals surface area contributed by atoms with Gasteiger partial charge in [0.15, 0.2) is 0 Å². The monoisotopic (exact) mass is 479 g/mol. The van der Waals surface area contributed by atoms with Crippen molar-refractivity contribution in [3.8, 4) is 22.3 Å². The highest BCUT2D eigenvalue weighted by molar-refractivity contribution is 5.97. The summed E-state index contributed by atoms with van der Waals surface area (Å²) in [5.41, 5.74) is 6.21. The topological polar surface area (TPSA) is 63.0 Å². The van der Waals surface area contributed by atoms with Crippen molar-refractivity contribution in [2.24, 2.45) is 7.05 Å². The minimum Gasteiger partial charge on any atom is -0.354 e. The number of hydrogen-bond acceptors (Lipinski definition) is 6. The summed E-state index contributed by atoms with van der Waals surface area (Å²) in [5, 5.41) is 5.31. The lowest BCUT2D eigenvalue weighted by molar-refractivity contribution is 0.249. The van der Waals surface area contributed by atoms with Gasteiger partial charge in [0.05, 0.1) is 11.7 Å². The minimum absolute atomic E-state index is 0.192. The smallest absolute Gasteiger partial charge is 0.128 e. The molecule has 0 spiro atoms. The van der Waals surface area contributed by atoms with Crippen LogP contribution in [0.15, 0.2) is 79.6 Å². The SMILES string of the molecule is Cn1cc(-c2cc(-c3ccc(N4CCN(Cc5ccc(F)cc5)CC4)nc3)c3cncnc3c2)cn1. The van der Waals surface area contributed by atoms with E-state index in [1.165, 1.54) is 12.1 Å². The van der Waals surface area contributed by atoms with Gasteiger partial charge >= 0.3 is 0 Å². The summed E-state index contributed by atoms with van der Waals surface area (Å²) < 4.78 is 15.0. The van der Waals surface area contributed by atoms with Gasteiger partial charge in [-0.2, -0.15) is 5.10 Å². The maximum atomic E-state index is 13.2. The van der Waals surface area contributed by atoms with Gasteiger partial charge in [-0.3, -0.25) is 9.58 Å². The standard InChI is InChI=1S/C28H26FN7/c1-34-18-23(15-33-34)22-12-25(26-16-30-19-32-27(26)13-22)21-4-7-28(31-14-21)36-10-8-35(9-11-36)17-20-2-5-24(29)6-3-20/h2-7,12-16,18-19H,8-11,17H2,1H3. The molecular weight excluding hydrogens is 453 g/mol. The zero-order chi connectivity index (χ0) is 24.5. The van der Waals surface area contributed by atoms with E-state index in [4.69, 9.17) is 4.98 Å². The normalized spacial score (nSPS) is 14.4. The van der Waals surface area contributed by atoms with E-state index in [0.29, 0.717) is 0 Å².